The lowest BCUT2D eigenvalue weighted by molar-refractivity contribution is 0.0602. The molecule has 180 valence electrons. The van der Waals surface area contributed by atoms with E-state index >= 15 is 0 Å². The van der Waals surface area contributed by atoms with E-state index in [4.69, 9.17) is 14.8 Å². The molecular weight excluding hydrogens is 430 g/mol. The third kappa shape index (κ3) is 4.00. The second-order valence-electron chi connectivity index (χ2n) is 9.78. The maximum atomic E-state index is 13.6. The third-order valence-corrected chi connectivity index (χ3v) is 7.19. The number of aromatic nitrogens is 3. The van der Waals surface area contributed by atoms with Gasteiger partial charge in [0.2, 0.25) is 0 Å². The first-order chi connectivity index (χ1) is 16.4. The van der Waals surface area contributed by atoms with E-state index in [0.717, 1.165) is 54.1 Å². The number of benzene rings is 1. The molecule has 1 aromatic carbocycles. The number of aliphatic hydroxyl groups excluding tert-OH is 1. The van der Waals surface area contributed by atoms with Crippen molar-refractivity contribution in [2.45, 2.75) is 52.2 Å². The van der Waals surface area contributed by atoms with E-state index in [2.05, 4.69) is 11.8 Å². The highest BCUT2D eigenvalue weighted by molar-refractivity contribution is 5.97. The number of anilines is 1. The predicted octanol–water partition coefficient (Wildman–Crippen LogP) is 3.54. The number of aryl methyl sites for hydroxylation is 2. The molecule has 8 nitrogen and oxygen atoms in total. The van der Waals surface area contributed by atoms with E-state index in [0.29, 0.717) is 24.4 Å². The first-order valence-corrected chi connectivity index (χ1v) is 12.1. The number of hydrogen-bond acceptors (Lipinski definition) is 6. The number of ether oxygens (including phenoxy) is 1. The zero-order chi connectivity index (χ0) is 24.0. The molecule has 1 N–H and O–H groups in total. The second-order valence-corrected chi connectivity index (χ2v) is 9.78. The second kappa shape index (κ2) is 8.91. The Bertz CT molecular complexity index is 1210. The molecule has 34 heavy (non-hydrogen) atoms. The Kier molecular flexibility index (Phi) is 5.93. The Morgan fingerprint density at radius 2 is 2.00 bits per heavy atom. The van der Waals surface area contributed by atoms with E-state index < -0.39 is 0 Å². The molecule has 2 aliphatic rings. The van der Waals surface area contributed by atoms with Crippen LogP contribution in [0.5, 0.6) is 5.75 Å². The van der Waals surface area contributed by atoms with Crippen molar-refractivity contribution in [3.05, 3.63) is 52.8 Å². The van der Waals surface area contributed by atoms with Crippen LogP contribution < -0.4 is 9.64 Å². The van der Waals surface area contributed by atoms with E-state index in [1.54, 1.807) is 7.11 Å². The van der Waals surface area contributed by atoms with Crippen molar-refractivity contribution in [3.8, 4) is 5.75 Å². The fourth-order valence-electron chi connectivity index (χ4n) is 5.24. The van der Waals surface area contributed by atoms with Crippen molar-refractivity contribution < 1.29 is 14.6 Å². The molecule has 0 aliphatic carbocycles. The molecular formula is C26H33N5O3. The van der Waals surface area contributed by atoms with E-state index in [-0.39, 0.29) is 24.0 Å². The van der Waals surface area contributed by atoms with Gasteiger partial charge in [-0.15, -0.1) is 0 Å². The lowest BCUT2D eigenvalue weighted by Crippen LogP contribution is -2.38. The van der Waals surface area contributed by atoms with Crippen LogP contribution in [0.4, 0.5) is 5.82 Å². The fourth-order valence-corrected chi connectivity index (χ4v) is 5.24. The average Bonchev–Trinajstić information content (AvgIpc) is 3.39. The molecule has 0 bridgehead atoms. The van der Waals surface area contributed by atoms with Crippen LogP contribution in [0.2, 0.25) is 0 Å². The van der Waals surface area contributed by atoms with Gasteiger partial charge in [0.05, 0.1) is 30.5 Å². The highest BCUT2D eigenvalue weighted by Crippen LogP contribution is 2.34. The van der Waals surface area contributed by atoms with Gasteiger partial charge in [0.15, 0.2) is 5.65 Å². The smallest absolute Gasteiger partial charge is 0.258 e. The number of hydrogen-bond donors (Lipinski definition) is 1. The molecule has 4 heterocycles. The normalized spacial score (nSPS) is 23.0. The number of piperidine rings is 1. The molecule has 0 unspecified atom stereocenters. The van der Waals surface area contributed by atoms with Crippen LogP contribution in [0.1, 0.15) is 59.4 Å². The summed E-state index contributed by atoms with van der Waals surface area (Å²) in [7, 11) is 1.60. The minimum absolute atomic E-state index is 0.0246. The summed E-state index contributed by atoms with van der Waals surface area (Å²) in [6.07, 6.45) is 4.55. The maximum absolute atomic E-state index is 13.6. The molecule has 3 aromatic rings. The number of carbonyl (C=O) groups excluding carboxylic acids is 1. The molecule has 2 saturated heterocycles. The Hall–Kier alpha value is -3.13. The van der Waals surface area contributed by atoms with Crippen molar-refractivity contribution in [1.29, 1.82) is 0 Å². The summed E-state index contributed by atoms with van der Waals surface area (Å²) < 4.78 is 7.33. The van der Waals surface area contributed by atoms with Gasteiger partial charge in [-0.2, -0.15) is 5.10 Å². The monoisotopic (exact) mass is 463 g/mol. The van der Waals surface area contributed by atoms with Crippen LogP contribution in [0.3, 0.4) is 0 Å². The number of β-amino-alcohol motifs (C(OH)–C–C–N with tert-alkyl or cyclic N) is 1. The number of aliphatic hydroxyl groups is 1. The summed E-state index contributed by atoms with van der Waals surface area (Å²) in [6.45, 7) is 8.15. The number of methoxy groups -OCH3 is 1. The van der Waals surface area contributed by atoms with Crippen molar-refractivity contribution in [2.75, 3.05) is 31.6 Å². The Balaban J connectivity index is 1.47. The summed E-state index contributed by atoms with van der Waals surface area (Å²) in [4.78, 5) is 22.6. The van der Waals surface area contributed by atoms with Gasteiger partial charge in [-0.25, -0.2) is 9.50 Å². The summed E-state index contributed by atoms with van der Waals surface area (Å²) >= 11 is 0. The summed E-state index contributed by atoms with van der Waals surface area (Å²) in [5.41, 5.74) is 4.28. The Morgan fingerprint density at radius 3 is 2.74 bits per heavy atom. The van der Waals surface area contributed by atoms with Crippen LogP contribution in [-0.4, -0.2) is 63.4 Å². The van der Waals surface area contributed by atoms with Gasteiger partial charge in [0.25, 0.3) is 5.91 Å². The van der Waals surface area contributed by atoms with Gasteiger partial charge >= 0.3 is 0 Å². The van der Waals surface area contributed by atoms with Gasteiger partial charge in [-0.3, -0.25) is 4.79 Å². The van der Waals surface area contributed by atoms with Crippen molar-refractivity contribution in [1.82, 2.24) is 19.5 Å². The minimum Gasteiger partial charge on any atom is -0.496 e. The summed E-state index contributed by atoms with van der Waals surface area (Å²) in [6, 6.07) is 7.60. The van der Waals surface area contributed by atoms with Crippen LogP contribution in [-0.2, 0) is 0 Å². The molecule has 0 saturated carbocycles. The molecule has 0 radical (unpaired) electrons. The Morgan fingerprint density at radius 1 is 1.18 bits per heavy atom. The van der Waals surface area contributed by atoms with Gasteiger partial charge in [-0.05, 0) is 50.8 Å². The number of amides is 1. The third-order valence-electron chi connectivity index (χ3n) is 7.19. The summed E-state index contributed by atoms with van der Waals surface area (Å²) in [5, 5.41) is 15.0. The number of rotatable bonds is 4. The van der Waals surface area contributed by atoms with Gasteiger partial charge in [0.1, 0.15) is 11.6 Å². The SMILES string of the molecule is COc1cc(C)ccc1C(=O)N1CCCC[C@H]1c1cc2nc(N3C[C@@H](C)[C@@H](O)C3)c(C)cn2n1. The van der Waals surface area contributed by atoms with Crippen molar-refractivity contribution in [2.24, 2.45) is 5.92 Å². The standard InChI is InChI=1S/C26H33N5O3/c1-16-8-9-19(23(11-16)34-4)26(33)30-10-6-5-7-21(30)20-12-24-27-25(18(3)14-31(24)28-20)29-13-17(2)22(32)15-29/h8-9,11-12,14,17,21-22,32H,5-7,10,13,15H2,1-4H3/t17-,21+,22+/m1/s1. The number of likely N-dealkylation sites (tertiary alicyclic amines) is 1. The largest absolute Gasteiger partial charge is 0.496 e. The minimum atomic E-state index is -0.335. The molecule has 3 atom stereocenters. The van der Waals surface area contributed by atoms with Crippen molar-refractivity contribution >= 4 is 17.4 Å². The van der Waals surface area contributed by atoms with Gasteiger partial charge in [-0.1, -0.05) is 13.0 Å². The van der Waals surface area contributed by atoms with Crippen LogP contribution in [0, 0.1) is 19.8 Å². The number of nitrogens with zero attached hydrogens (tertiary/aromatic N) is 5. The molecule has 2 aliphatic heterocycles. The fraction of sp³-hybridized carbons (Fsp3) is 0.500. The van der Waals surface area contributed by atoms with E-state index in [1.165, 1.54) is 0 Å². The van der Waals surface area contributed by atoms with Gasteiger partial charge < -0.3 is 19.6 Å². The predicted molar refractivity (Wildman–Crippen MR) is 130 cm³/mol. The van der Waals surface area contributed by atoms with E-state index in [1.807, 2.05) is 53.7 Å². The zero-order valence-electron chi connectivity index (χ0n) is 20.4. The van der Waals surface area contributed by atoms with Crippen LogP contribution in [0.15, 0.2) is 30.5 Å². The quantitative estimate of drug-likeness (QED) is 0.637. The molecule has 2 aromatic heterocycles. The van der Waals surface area contributed by atoms with E-state index in [9.17, 15) is 9.90 Å². The molecule has 2 fully saturated rings. The van der Waals surface area contributed by atoms with Crippen molar-refractivity contribution in [3.63, 3.8) is 0 Å². The molecule has 5 rings (SSSR count). The van der Waals surface area contributed by atoms with Crippen LogP contribution in [0.25, 0.3) is 5.65 Å². The lowest BCUT2D eigenvalue weighted by Gasteiger charge is -2.35. The number of fused-ring (bicyclic) bond motifs is 1. The van der Waals surface area contributed by atoms with Gasteiger partial charge in [0, 0.05) is 43.4 Å². The Labute approximate surface area is 200 Å². The summed E-state index contributed by atoms with van der Waals surface area (Å²) in [5.74, 6) is 1.69. The maximum Gasteiger partial charge on any atom is 0.258 e. The molecule has 1 amide bonds. The van der Waals surface area contributed by atoms with Crippen LogP contribution >= 0.6 is 0 Å². The number of carbonyl (C=O) groups is 1. The first kappa shape index (κ1) is 22.7. The highest BCUT2D eigenvalue weighted by atomic mass is 16.5. The molecule has 8 heteroatoms. The lowest BCUT2D eigenvalue weighted by atomic mass is 9.97. The zero-order valence-corrected chi connectivity index (χ0v) is 20.4. The average molecular weight is 464 g/mol. The topological polar surface area (TPSA) is 83.2 Å². The first-order valence-electron chi connectivity index (χ1n) is 12.1. The highest BCUT2D eigenvalue weighted by Gasteiger charge is 2.33. The molecule has 0 spiro atoms.